The van der Waals surface area contributed by atoms with Crippen LogP contribution in [-0.2, 0) is 10.3 Å². The number of methoxy groups -OCH3 is 1. The molecule has 0 bridgehead atoms. The van der Waals surface area contributed by atoms with E-state index >= 15 is 0 Å². The lowest BCUT2D eigenvalue weighted by atomic mass is 9.88. The molecule has 152 valence electrons. The standard InChI is InChI=1S/C20H15N3O7/c1-30-20(14-8-2-5-11(21-14)17(24)25,15-9-3-6-12(22-15)18(26)27)16-10-4-7-13(23-16)19(28)29/h2-10H,1H3,(H,24,25)(H,26,27)(H,28,29). The van der Waals surface area contributed by atoms with Gasteiger partial charge in [-0.1, -0.05) is 18.2 Å². The molecule has 0 saturated heterocycles. The van der Waals surface area contributed by atoms with Gasteiger partial charge in [0.15, 0.2) is 5.60 Å². The van der Waals surface area contributed by atoms with Gasteiger partial charge < -0.3 is 20.1 Å². The number of ether oxygens (including phenoxy) is 1. The summed E-state index contributed by atoms with van der Waals surface area (Å²) in [5.41, 5.74) is -2.55. The van der Waals surface area contributed by atoms with E-state index in [1.807, 2.05) is 0 Å². The van der Waals surface area contributed by atoms with Gasteiger partial charge in [-0.05, 0) is 36.4 Å². The molecule has 0 saturated carbocycles. The Morgan fingerprint density at radius 1 is 0.667 bits per heavy atom. The van der Waals surface area contributed by atoms with Crippen molar-refractivity contribution in [1.29, 1.82) is 0 Å². The molecule has 3 N–H and O–H groups in total. The van der Waals surface area contributed by atoms with Crippen LogP contribution in [0.15, 0.2) is 54.6 Å². The molecule has 0 amide bonds. The van der Waals surface area contributed by atoms with Crippen molar-refractivity contribution in [2.24, 2.45) is 0 Å². The minimum absolute atomic E-state index is 0.0370. The van der Waals surface area contributed by atoms with Gasteiger partial charge in [0, 0.05) is 7.11 Å². The van der Waals surface area contributed by atoms with Crippen molar-refractivity contribution < 1.29 is 34.4 Å². The first kappa shape index (κ1) is 20.6. The lowest BCUT2D eigenvalue weighted by Gasteiger charge is -2.31. The number of aromatic nitrogens is 3. The SMILES string of the molecule is COC(c1cccc(C(=O)O)n1)(c1cccc(C(=O)O)n1)c1cccc(C(=O)O)n1. The molecular weight excluding hydrogens is 394 g/mol. The highest BCUT2D eigenvalue weighted by molar-refractivity contribution is 5.86. The van der Waals surface area contributed by atoms with E-state index in [2.05, 4.69) is 15.0 Å². The minimum Gasteiger partial charge on any atom is -0.477 e. The lowest BCUT2D eigenvalue weighted by molar-refractivity contribution is 0.0458. The summed E-state index contributed by atoms with van der Waals surface area (Å²) in [6.07, 6.45) is 0. The maximum atomic E-state index is 11.4. The van der Waals surface area contributed by atoms with Gasteiger partial charge >= 0.3 is 17.9 Å². The molecule has 0 unspecified atom stereocenters. The Morgan fingerprint density at radius 2 is 0.967 bits per heavy atom. The topological polar surface area (TPSA) is 160 Å². The van der Waals surface area contributed by atoms with Gasteiger partial charge in [-0.15, -0.1) is 0 Å². The van der Waals surface area contributed by atoms with Crippen LogP contribution in [-0.4, -0.2) is 55.3 Å². The molecule has 0 atom stereocenters. The minimum atomic E-state index is -1.78. The van der Waals surface area contributed by atoms with Gasteiger partial charge in [-0.25, -0.2) is 29.3 Å². The average molecular weight is 409 g/mol. The van der Waals surface area contributed by atoms with Crippen LogP contribution in [0.3, 0.4) is 0 Å². The molecule has 0 fully saturated rings. The Hall–Kier alpha value is -4.18. The summed E-state index contributed by atoms with van der Waals surface area (Å²) < 4.78 is 5.73. The number of pyridine rings is 3. The van der Waals surface area contributed by atoms with Crippen LogP contribution < -0.4 is 0 Å². The first-order valence-corrected chi connectivity index (χ1v) is 8.47. The van der Waals surface area contributed by atoms with E-state index in [-0.39, 0.29) is 34.2 Å². The van der Waals surface area contributed by atoms with Gasteiger partial charge in [-0.3, -0.25) is 0 Å². The molecule has 0 aliphatic carbocycles. The second-order valence-electron chi connectivity index (χ2n) is 6.02. The van der Waals surface area contributed by atoms with Gasteiger partial charge in [0.05, 0.1) is 17.1 Å². The van der Waals surface area contributed by atoms with Crippen LogP contribution in [0.2, 0.25) is 0 Å². The number of carboxylic acids is 3. The molecule has 10 heteroatoms. The van der Waals surface area contributed by atoms with Crippen LogP contribution in [0.1, 0.15) is 48.5 Å². The van der Waals surface area contributed by atoms with E-state index in [9.17, 15) is 29.7 Å². The molecule has 0 spiro atoms. The fourth-order valence-electron chi connectivity index (χ4n) is 2.96. The van der Waals surface area contributed by atoms with Crippen molar-refractivity contribution in [3.05, 3.63) is 88.8 Å². The van der Waals surface area contributed by atoms with Crippen LogP contribution in [0, 0.1) is 0 Å². The Balaban J connectivity index is 2.38. The molecular formula is C20H15N3O7. The maximum Gasteiger partial charge on any atom is 0.354 e. The smallest absolute Gasteiger partial charge is 0.354 e. The van der Waals surface area contributed by atoms with Gasteiger partial charge in [-0.2, -0.15) is 0 Å². The highest BCUT2D eigenvalue weighted by Crippen LogP contribution is 2.37. The lowest BCUT2D eigenvalue weighted by Crippen LogP contribution is -2.36. The molecule has 0 aliphatic heterocycles. The molecule has 3 rings (SSSR count). The van der Waals surface area contributed by atoms with Crippen LogP contribution >= 0.6 is 0 Å². The van der Waals surface area contributed by atoms with E-state index in [1.54, 1.807) is 0 Å². The molecule has 0 aliphatic rings. The zero-order valence-corrected chi connectivity index (χ0v) is 15.5. The van der Waals surface area contributed by atoms with Crippen molar-refractivity contribution in [2.45, 2.75) is 5.60 Å². The van der Waals surface area contributed by atoms with Gasteiger partial charge in [0.2, 0.25) is 0 Å². The summed E-state index contributed by atoms with van der Waals surface area (Å²) in [6.45, 7) is 0. The first-order chi connectivity index (χ1) is 14.3. The second-order valence-corrected chi connectivity index (χ2v) is 6.02. The third-order valence-corrected chi connectivity index (χ3v) is 4.29. The molecule has 10 nitrogen and oxygen atoms in total. The van der Waals surface area contributed by atoms with Crippen LogP contribution in [0.25, 0.3) is 0 Å². The number of carboxylic acid groups (broad SMARTS) is 3. The summed E-state index contributed by atoms with van der Waals surface area (Å²) in [6, 6.07) is 12.5. The Kier molecular flexibility index (Phi) is 5.52. The van der Waals surface area contributed by atoms with Crippen LogP contribution in [0.4, 0.5) is 0 Å². The number of carbonyl (C=O) groups is 3. The number of hydrogen-bond acceptors (Lipinski definition) is 7. The van der Waals surface area contributed by atoms with Gasteiger partial charge in [0.25, 0.3) is 0 Å². The van der Waals surface area contributed by atoms with Crippen molar-refractivity contribution in [2.75, 3.05) is 7.11 Å². The van der Waals surface area contributed by atoms with E-state index in [4.69, 9.17) is 4.74 Å². The van der Waals surface area contributed by atoms with Crippen molar-refractivity contribution in [3.8, 4) is 0 Å². The number of nitrogens with zero attached hydrogens (tertiary/aromatic N) is 3. The maximum absolute atomic E-state index is 11.4. The molecule has 0 radical (unpaired) electrons. The zero-order chi connectivity index (χ0) is 21.9. The predicted octanol–water partition coefficient (Wildman–Crippen LogP) is 1.90. The quantitative estimate of drug-likeness (QED) is 0.526. The highest BCUT2D eigenvalue weighted by Gasteiger charge is 2.42. The normalized spacial score (nSPS) is 11.1. The molecule has 0 aromatic carbocycles. The van der Waals surface area contributed by atoms with Crippen LogP contribution in [0.5, 0.6) is 0 Å². The van der Waals surface area contributed by atoms with E-state index in [0.29, 0.717) is 0 Å². The molecule has 3 aromatic rings. The largest absolute Gasteiger partial charge is 0.477 e. The van der Waals surface area contributed by atoms with E-state index in [0.717, 1.165) is 0 Å². The van der Waals surface area contributed by atoms with Crippen molar-refractivity contribution in [1.82, 2.24) is 15.0 Å². The Labute approximate surface area is 169 Å². The molecule has 30 heavy (non-hydrogen) atoms. The predicted molar refractivity (Wildman–Crippen MR) is 100 cm³/mol. The summed E-state index contributed by atoms with van der Waals surface area (Å²) >= 11 is 0. The third kappa shape index (κ3) is 3.59. The third-order valence-electron chi connectivity index (χ3n) is 4.29. The Morgan fingerprint density at radius 3 is 1.20 bits per heavy atom. The van der Waals surface area contributed by atoms with Crippen molar-refractivity contribution in [3.63, 3.8) is 0 Å². The summed E-state index contributed by atoms with van der Waals surface area (Å²) in [5, 5.41) is 28.0. The molecule has 3 heterocycles. The first-order valence-electron chi connectivity index (χ1n) is 8.47. The van der Waals surface area contributed by atoms with Crippen molar-refractivity contribution >= 4 is 17.9 Å². The number of aromatic carboxylic acids is 3. The highest BCUT2D eigenvalue weighted by atomic mass is 16.5. The monoisotopic (exact) mass is 409 g/mol. The summed E-state index contributed by atoms with van der Waals surface area (Å²) in [7, 11) is 1.28. The van der Waals surface area contributed by atoms with E-state index in [1.165, 1.54) is 61.7 Å². The summed E-state index contributed by atoms with van der Waals surface area (Å²) in [5.74, 6) is -3.87. The fourth-order valence-corrected chi connectivity index (χ4v) is 2.96. The van der Waals surface area contributed by atoms with E-state index < -0.39 is 23.5 Å². The average Bonchev–Trinajstić information content (AvgIpc) is 2.75. The molecule has 3 aromatic heterocycles. The zero-order valence-electron chi connectivity index (χ0n) is 15.5. The Bertz CT molecular complexity index is 1010. The number of hydrogen-bond donors (Lipinski definition) is 3. The number of rotatable bonds is 7. The second kappa shape index (κ2) is 8.05. The fraction of sp³-hybridized carbons (Fsp3) is 0.100. The summed E-state index contributed by atoms with van der Waals surface area (Å²) in [4.78, 5) is 46.7. The van der Waals surface area contributed by atoms with Gasteiger partial charge in [0.1, 0.15) is 17.1 Å².